The molecule has 148 valence electrons. The summed E-state index contributed by atoms with van der Waals surface area (Å²) in [6, 6.07) is 7.65. The molecule has 2 aliphatic rings. The molecule has 0 spiro atoms. The van der Waals surface area contributed by atoms with E-state index in [4.69, 9.17) is 9.47 Å². The van der Waals surface area contributed by atoms with Crippen LogP contribution in [0.2, 0.25) is 0 Å². The van der Waals surface area contributed by atoms with Crippen molar-refractivity contribution in [3.8, 4) is 11.8 Å². The molecular weight excluding hydrogens is 356 g/mol. The Balaban J connectivity index is 1.45. The van der Waals surface area contributed by atoms with E-state index in [0.29, 0.717) is 42.3 Å². The van der Waals surface area contributed by atoms with E-state index in [2.05, 4.69) is 26.3 Å². The van der Waals surface area contributed by atoms with E-state index < -0.39 is 0 Å². The molecule has 0 radical (unpaired) electrons. The Labute approximate surface area is 165 Å². The van der Waals surface area contributed by atoms with Crippen LogP contribution in [0.3, 0.4) is 0 Å². The Morgan fingerprint density at radius 3 is 2.96 bits per heavy atom. The van der Waals surface area contributed by atoms with Gasteiger partial charge in [-0.1, -0.05) is 6.07 Å². The topological polar surface area (TPSA) is 76.6 Å². The lowest BCUT2D eigenvalue weighted by Crippen LogP contribution is -2.42. The van der Waals surface area contributed by atoms with Crippen molar-refractivity contribution < 1.29 is 14.3 Å². The van der Waals surface area contributed by atoms with Crippen LogP contribution in [0.5, 0.6) is 11.8 Å². The van der Waals surface area contributed by atoms with Crippen LogP contribution in [0.1, 0.15) is 24.8 Å². The van der Waals surface area contributed by atoms with Gasteiger partial charge in [0.2, 0.25) is 17.7 Å². The number of hydrogen-bond donors (Lipinski definition) is 1. The number of amides is 1. The molecule has 2 atom stereocenters. The molecule has 7 heteroatoms. The molecule has 4 heterocycles. The first-order valence-electron chi connectivity index (χ1n) is 9.81. The van der Waals surface area contributed by atoms with Crippen molar-refractivity contribution in [1.29, 1.82) is 0 Å². The number of hydrogen-bond acceptors (Lipinski definition) is 6. The fourth-order valence-corrected chi connectivity index (χ4v) is 4.21. The van der Waals surface area contributed by atoms with E-state index >= 15 is 0 Å². The number of rotatable bonds is 3. The smallest absolute Gasteiger partial charge is 0.237 e. The Kier molecular flexibility index (Phi) is 5.71. The van der Waals surface area contributed by atoms with Crippen LogP contribution in [0.15, 0.2) is 36.7 Å². The van der Waals surface area contributed by atoms with Crippen LogP contribution in [0.4, 0.5) is 5.69 Å². The number of piperidine rings is 1. The third-order valence-electron chi connectivity index (χ3n) is 5.63. The maximum Gasteiger partial charge on any atom is 0.237 e. The first-order valence-corrected chi connectivity index (χ1v) is 9.81. The fourth-order valence-electron chi connectivity index (χ4n) is 4.21. The van der Waals surface area contributed by atoms with Gasteiger partial charge in [0.25, 0.3) is 0 Å². The largest absolute Gasteiger partial charge is 0.481 e. The highest BCUT2D eigenvalue weighted by atomic mass is 16.5. The minimum atomic E-state index is 0.0390. The van der Waals surface area contributed by atoms with E-state index in [1.807, 2.05) is 18.2 Å². The molecule has 1 fully saturated rings. The quantitative estimate of drug-likeness (QED) is 0.880. The Bertz CT molecular complexity index is 829. The Hall–Kier alpha value is -2.67. The summed E-state index contributed by atoms with van der Waals surface area (Å²) < 4.78 is 11.3. The third kappa shape index (κ3) is 4.25. The van der Waals surface area contributed by atoms with Crippen molar-refractivity contribution in [2.45, 2.75) is 25.8 Å². The van der Waals surface area contributed by atoms with Crippen molar-refractivity contribution in [3.63, 3.8) is 0 Å². The van der Waals surface area contributed by atoms with Gasteiger partial charge in [-0.3, -0.25) is 9.69 Å². The molecule has 4 rings (SSSR count). The zero-order valence-electron chi connectivity index (χ0n) is 16.1. The van der Waals surface area contributed by atoms with Crippen molar-refractivity contribution >= 4 is 11.6 Å². The summed E-state index contributed by atoms with van der Waals surface area (Å²) in [5.74, 6) is 2.00. The van der Waals surface area contributed by atoms with Crippen LogP contribution in [0, 0.1) is 11.8 Å². The van der Waals surface area contributed by atoms with Crippen LogP contribution >= 0.6 is 0 Å². The number of carbonyl (C=O) groups excluding carboxylic acids is 1. The SMILES string of the molecule is COc1ncccc1CN1CC[C@H]2CC(=O)Nc3cccnc3OCC[C@H]2C1. The normalized spacial score (nSPS) is 23.0. The van der Waals surface area contributed by atoms with Gasteiger partial charge in [-0.05, 0) is 49.4 Å². The number of methoxy groups -OCH3 is 1. The molecule has 1 saturated heterocycles. The number of fused-ring (bicyclic) bond motifs is 2. The highest BCUT2D eigenvalue weighted by molar-refractivity contribution is 5.92. The second-order valence-corrected chi connectivity index (χ2v) is 7.46. The third-order valence-corrected chi connectivity index (χ3v) is 5.63. The molecule has 0 unspecified atom stereocenters. The molecular formula is C21H26N4O3. The standard InChI is InChI=1S/C21H26N4O3/c1-27-20-17(4-2-8-22-20)14-25-10-6-15-12-19(26)24-18-5-3-9-23-21(18)28-11-7-16(15)13-25/h2-5,8-9,15-16H,6-7,10-14H2,1H3,(H,24,26)/t15-,16-/m0/s1. The van der Waals surface area contributed by atoms with E-state index in [1.54, 1.807) is 19.5 Å². The van der Waals surface area contributed by atoms with Crippen LogP contribution in [-0.4, -0.2) is 47.6 Å². The molecule has 2 aromatic rings. The van der Waals surface area contributed by atoms with Gasteiger partial charge in [0, 0.05) is 37.5 Å². The number of nitrogens with one attached hydrogen (secondary N) is 1. The van der Waals surface area contributed by atoms with Crippen molar-refractivity contribution in [1.82, 2.24) is 14.9 Å². The molecule has 7 nitrogen and oxygen atoms in total. The molecule has 28 heavy (non-hydrogen) atoms. The van der Waals surface area contributed by atoms with Crippen molar-refractivity contribution in [3.05, 3.63) is 42.2 Å². The predicted molar refractivity (Wildman–Crippen MR) is 105 cm³/mol. The van der Waals surface area contributed by atoms with Crippen LogP contribution < -0.4 is 14.8 Å². The van der Waals surface area contributed by atoms with Gasteiger partial charge < -0.3 is 14.8 Å². The number of nitrogens with zero attached hydrogens (tertiary/aromatic N) is 3. The van der Waals surface area contributed by atoms with Gasteiger partial charge in [-0.2, -0.15) is 0 Å². The minimum Gasteiger partial charge on any atom is -0.481 e. The van der Waals surface area contributed by atoms with Gasteiger partial charge in [0.05, 0.1) is 13.7 Å². The zero-order valence-corrected chi connectivity index (χ0v) is 16.1. The maximum absolute atomic E-state index is 12.5. The molecule has 2 aliphatic heterocycles. The van der Waals surface area contributed by atoms with Gasteiger partial charge in [0.1, 0.15) is 5.69 Å². The summed E-state index contributed by atoms with van der Waals surface area (Å²) in [4.78, 5) is 23.5. The van der Waals surface area contributed by atoms with Crippen LogP contribution in [-0.2, 0) is 11.3 Å². The van der Waals surface area contributed by atoms with Gasteiger partial charge in [0.15, 0.2) is 0 Å². The summed E-state index contributed by atoms with van der Waals surface area (Å²) in [5.41, 5.74) is 1.75. The highest BCUT2D eigenvalue weighted by Crippen LogP contribution is 2.33. The first-order chi connectivity index (χ1) is 13.7. The number of likely N-dealkylation sites (tertiary alicyclic amines) is 1. The lowest BCUT2D eigenvalue weighted by molar-refractivity contribution is -0.118. The summed E-state index contributed by atoms with van der Waals surface area (Å²) >= 11 is 0. The van der Waals surface area contributed by atoms with E-state index in [0.717, 1.165) is 38.0 Å². The molecule has 0 saturated carbocycles. The zero-order chi connectivity index (χ0) is 19.3. The first kappa shape index (κ1) is 18.7. The molecule has 1 amide bonds. The van der Waals surface area contributed by atoms with E-state index in [1.165, 1.54) is 0 Å². The minimum absolute atomic E-state index is 0.0390. The summed E-state index contributed by atoms with van der Waals surface area (Å²) in [6.45, 7) is 3.31. The lowest BCUT2D eigenvalue weighted by atomic mass is 9.81. The second-order valence-electron chi connectivity index (χ2n) is 7.46. The predicted octanol–water partition coefficient (Wildman–Crippen LogP) is 2.73. The number of anilines is 1. The number of carbonyl (C=O) groups is 1. The average molecular weight is 382 g/mol. The Morgan fingerprint density at radius 2 is 2.07 bits per heavy atom. The monoisotopic (exact) mass is 382 g/mol. The number of pyridine rings is 2. The maximum atomic E-state index is 12.5. The number of ether oxygens (including phenoxy) is 2. The second kappa shape index (κ2) is 8.56. The highest BCUT2D eigenvalue weighted by Gasteiger charge is 2.32. The van der Waals surface area contributed by atoms with Crippen molar-refractivity contribution in [2.24, 2.45) is 11.8 Å². The van der Waals surface area contributed by atoms with Gasteiger partial charge >= 0.3 is 0 Å². The lowest BCUT2D eigenvalue weighted by Gasteiger charge is -2.39. The van der Waals surface area contributed by atoms with E-state index in [-0.39, 0.29) is 5.91 Å². The molecule has 0 aliphatic carbocycles. The summed E-state index contributed by atoms with van der Waals surface area (Å²) in [6.07, 6.45) is 5.89. The molecule has 2 aromatic heterocycles. The van der Waals surface area contributed by atoms with Gasteiger partial charge in [-0.15, -0.1) is 0 Å². The number of aromatic nitrogens is 2. The Morgan fingerprint density at radius 1 is 1.21 bits per heavy atom. The van der Waals surface area contributed by atoms with Crippen LogP contribution in [0.25, 0.3) is 0 Å². The average Bonchev–Trinajstić information content (AvgIpc) is 2.71. The fraction of sp³-hybridized carbons (Fsp3) is 0.476. The molecule has 1 N–H and O–H groups in total. The summed E-state index contributed by atoms with van der Waals surface area (Å²) in [5, 5.41) is 2.96. The molecule has 0 aromatic carbocycles. The van der Waals surface area contributed by atoms with Gasteiger partial charge in [-0.25, -0.2) is 9.97 Å². The van der Waals surface area contributed by atoms with E-state index in [9.17, 15) is 4.79 Å². The summed E-state index contributed by atoms with van der Waals surface area (Å²) in [7, 11) is 1.65. The van der Waals surface area contributed by atoms with Crippen molar-refractivity contribution in [2.75, 3.05) is 32.1 Å². The molecule has 0 bridgehead atoms.